The van der Waals surface area contributed by atoms with Crippen LogP contribution < -0.4 is 10.1 Å². The van der Waals surface area contributed by atoms with Gasteiger partial charge in [-0.15, -0.1) is 0 Å². The van der Waals surface area contributed by atoms with Gasteiger partial charge in [0.05, 0.1) is 24.8 Å². The molecule has 0 aromatic heterocycles. The highest BCUT2D eigenvalue weighted by Crippen LogP contribution is 2.14. The van der Waals surface area contributed by atoms with Gasteiger partial charge in [-0.2, -0.15) is 0 Å². The van der Waals surface area contributed by atoms with Crippen LogP contribution in [0.25, 0.3) is 0 Å². The van der Waals surface area contributed by atoms with Crippen molar-refractivity contribution in [2.24, 2.45) is 0 Å². The number of ether oxygens (including phenoxy) is 3. The van der Waals surface area contributed by atoms with Gasteiger partial charge in [-0.25, -0.2) is 9.59 Å². The minimum absolute atomic E-state index is 0.201. The first-order valence-electron chi connectivity index (χ1n) is 7.52. The number of aliphatic hydroxyl groups excluding tert-OH is 1. The van der Waals surface area contributed by atoms with Crippen molar-refractivity contribution in [3.05, 3.63) is 29.8 Å². The van der Waals surface area contributed by atoms with E-state index in [9.17, 15) is 14.7 Å². The maximum Gasteiger partial charge on any atom is 0.408 e. The van der Waals surface area contributed by atoms with Gasteiger partial charge in [-0.3, -0.25) is 0 Å². The van der Waals surface area contributed by atoms with Crippen molar-refractivity contribution in [3.63, 3.8) is 0 Å². The van der Waals surface area contributed by atoms with Gasteiger partial charge < -0.3 is 24.6 Å². The number of nitrogens with one attached hydrogen (secondary N) is 1. The quantitative estimate of drug-likeness (QED) is 0.771. The second-order valence-electron chi connectivity index (χ2n) is 6.65. The van der Waals surface area contributed by atoms with Crippen molar-refractivity contribution in [1.29, 1.82) is 0 Å². The molecule has 134 valence electrons. The molecular formula is C17H25NO6. The number of carbonyl (C=O) groups excluding carboxylic acids is 2. The summed E-state index contributed by atoms with van der Waals surface area (Å²) < 4.78 is 15.3. The lowest BCUT2D eigenvalue weighted by molar-refractivity contribution is 0.0163. The van der Waals surface area contributed by atoms with Crippen molar-refractivity contribution in [3.8, 4) is 5.75 Å². The van der Waals surface area contributed by atoms with E-state index in [-0.39, 0.29) is 6.61 Å². The Balaban J connectivity index is 2.63. The first kappa shape index (κ1) is 19.8. The Kier molecular flexibility index (Phi) is 6.60. The fourth-order valence-electron chi connectivity index (χ4n) is 1.71. The van der Waals surface area contributed by atoms with E-state index >= 15 is 0 Å². The van der Waals surface area contributed by atoms with Crippen LogP contribution in [0, 0.1) is 0 Å². The number of amides is 1. The molecule has 1 aromatic rings. The number of esters is 1. The van der Waals surface area contributed by atoms with Gasteiger partial charge in [-0.05, 0) is 52.0 Å². The Labute approximate surface area is 141 Å². The van der Waals surface area contributed by atoms with Crippen LogP contribution in [0.5, 0.6) is 5.75 Å². The molecular weight excluding hydrogens is 314 g/mol. The van der Waals surface area contributed by atoms with Gasteiger partial charge >= 0.3 is 12.1 Å². The first-order chi connectivity index (χ1) is 11.1. The second-order valence-corrected chi connectivity index (χ2v) is 6.65. The van der Waals surface area contributed by atoms with Gasteiger partial charge in [0.15, 0.2) is 0 Å². The topological polar surface area (TPSA) is 94.1 Å². The molecule has 1 amide bonds. The van der Waals surface area contributed by atoms with Crippen LogP contribution in [0.1, 0.15) is 38.1 Å². The van der Waals surface area contributed by atoms with E-state index < -0.39 is 29.8 Å². The maximum atomic E-state index is 12.0. The van der Waals surface area contributed by atoms with Crippen LogP contribution in [-0.2, 0) is 9.47 Å². The summed E-state index contributed by atoms with van der Waals surface area (Å²) in [5.41, 5.74) is -1.47. The number of aliphatic hydroxyl groups is 1. The summed E-state index contributed by atoms with van der Waals surface area (Å²) in [7, 11) is 1.53. The standard InChI is InChI=1S/C17H25NO6/c1-16(2,3)24-15(21)18-17(4,10-19)11-23-14(20)12-6-8-13(22-5)9-7-12/h6-9,19H,10-11H2,1-5H3,(H,18,21)/t17-/m1/s1. The summed E-state index contributed by atoms with van der Waals surface area (Å²) in [6.07, 6.45) is -0.695. The maximum absolute atomic E-state index is 12.0. The van der Waals surface area contributed by atoms with E-state index in [1.54, 1.807) is 52.0 Å². The predicted octanol–water partition coefficient (Wildman–Crippen LogP) is 2.13. The summed E-state index contributed by atoms with van der Waals surface area (Å²) in [4.78, 5) is 23.9. The predicted molar refractivity (Wildman–Crippen MR) is 88.1 cm³/mol. The van der Waals surface area contributed by atoms with E-state index in [0.717, 1.165) is 0 Å². The van der Waals surface area contributed by atoms with Crippen LogP contribution in [0.4, 0.5) is 4.79 Å². The molecule has 0 aliphatic carbocycles. The summed E-state index contributed by atoms with van der Waals surface area (Å²) in [6, 6.07) is 6.42. The van der Waals surface area contributed by atoms with Crippen LogP contribution in [0.3, 0.4) is 0 Å². The van der Waals surface area contributed by atoms with Gasteiger partial charge in [0, 0.05) is 0 Å². The molecule has 7 nitrogen and oxygen atoms in total. The zero-order chi connectivity index (χ0) is 18.4. The molecule has 0 bridgehead atoms. The summed E-state index contributed by atoms with van der Waals surface area (Å²) in [5.74, 6) is 0.0571. The zero-order valence-electron chi connectivity index (χ0n) is 14.7. The first-order valence-corrected chi connectivity index (χ1v) is 7.52. The van der Waals surface area contributed by atoms with E-state index in [1.807, 2.05) is 0 Å². The third kappa shape index (κ3) is 6.45. The molecule has 0 unspecified atom stereocenters. The lowest BCUT2D eigenvalue weighted by Crippen LogP contribution is -2.53. The molecule has 7 heteroatoms. The van der Waals surface area contributed by atoms with Gasteiger partial charge in [0.1, 0.15) is 18.0 Å². The van der Waals surface area contributed by atoms with Crippen LogP contribution in [0.2, 0.25) is 0 Å². The number of methoxy groups -OCH3 is 1. The Morgan fingerprint density at radius 1 is 1.12 bits per heavy atom. The van der Waals surface area contributed by atoms with Crippen molar-refractivity contribution in [1.82, 2.24) is 5.32 Å². The molecule has 0 heterocycles. The van der Waals surface area contributed by atoms with E-state index in [4.69, 9.17) is 14.2 Å². The Morgan fingerprint density at radius 3 is 2.17 bits per heavy atom. The molecule has 0 aliphatic heterocycles. The number of alkyl carbamates (subject to hydrolysis) is 1. The van der Waals surface area contributed by atoms with E-state index in [1.165, 1.54) is 7.11 Å². The van der Waals surface area contributed by atoms with Crippen molar-refractivity contribution < 1.29 is 28.9 Å². The lowest BCUT2D eigenvalue weighted by atomic mass is 10.1. The highest BCUT2D eigenvalue weighted by molar-refractivity contribution is 5.89. The molecule has 0 saturated carbocycles. The summed E-state index contributed by atoms with van der Waals surface area (Å²) in [5, 5.41) is 12.0. The number of rotatable bonds is 6. The lowest BCUT2D eigenvalue weighted by Gasteiger charge is -2.29. The summed E-state index contributed by atoms with van der Waals surface area (Å²) >= 11 is 0. The van der Waals surface area contributed by atoms with Crippen LogP contribution in [0.15, 0.2) is 24.3 Å². The van der Waals surface area contributed by atoms with Gasteiger partial charge in [0.2, 0.25) is 0 Å². The molecule has 0 spiro atoms. The fourth-order valence-corrected chi connectivity index (χ4v) is 1.71. The van der Waals surface area contributed by atoms with Crippen molar-refractivity contribution in [2.45, 2.75) is 38.8 Å². The second kappa shape index (κ2) is 8.01. The van der Waals surface area contributed by atoms with E-state index in [2.05, 4.69) is 5.32 Å². The molecule has 0 fully saturated rings. The normalized spacial score (nSPS) is 13.6. The molecule has 1 aromatic carbocycles. The number of hydrogen-bond donors (Lipinski definition) is 2. The van der Waals surface area contributed by atoms with Crippen LogP contribution >= 0.6 is 0 Å². The smallest absolute Gasteiger partial charge is 0.408 e. The minimum Gasteiger partial charge on any atom is -0.497 e. The molecule has 2 N–H and O–H groups in total. The molecule has 0 saturated heterocycles. The SMILES string of the molecule is COc1ccc(C(=O)OC[C@@](C)(CO)NC(=O)OC(C)(C)C)cc1. The Morgan fingerprint density at radius 2 is 1.71 bits per heavy atom. The Hall–Kier alpha value is -2.28. The molecule has 24 heavy (non-hydrogen) atoms. The molecule has 0 aliphatic rings. The highest BCUT2D eigenvalue weighted by atomic mass is 16.6. The molecule has 0 radical (unpaired) electrons. The average Bonchev–Trinajstić information content (AvgIpc) is 2.50. The largest absolute Gasteiger partial charge is 0.497 e. The van der Waals surface area contributed by atoms with Crippen molar-refractivity contribution >= 4 is 12.1 Å². The summed E-state index contributed by atoms with van der Waals surface area (Å²) in [6.45, 7) is 6.12. The highest BCUT2D eigenvalue weighted by Gasteiger charge is 2.30. The Bertz CT molecular complexity index is 563. The number of hydrogen-bond acceptors (Lipinski definition) is 6. The van der Waals surface area contributed by atoms with E-state index in [0.29, 0.717) is 11.3 Å². The average molecular weight is 339 g/mol. The minimum atomic E-state index is -1.15. The third-order valence-corrected chi connectivity index (χ3v) is 3.00. The number of carbonyl (C=O) groups is 2. The monoisotopic (exact) mass is 339 g/mol. The van der Waals surface area contributed by atoms with Crippen LogP contribution in [-0.4, -0.2) is 48.6 Å². The number of benzene rings is 1. The molecule has 1 rings (SSSR count). The third-order valence-electron chi connectivity index (χ3n) is 3.00. The zero-order valence-corrected chi connectivity index (χ0v) is 14.7. The van der Waals surface area contributed by atoms with Crippen molar-refractivity contribution in [2.75, 3.05) is 20.3 Å². The molecule has 1 atom stereocenters. The fraction of sp³-hybridized carbons (Fsp3) is 0.529. The van der Waals surface area contributed by atoms with Gasteiger partial charge in [-0.1, -0.05) is 0 Å². The van der Waals surface area contributed by atoms with Gasteiger partial charge in [0.25, 0.3) is 0 Å².